The molecule has 0 spiro atoms. The molecule has 1 aliphatic carbocycles. The molecule has 5 heterocycles. The van der Waals surface area contributed by atoms with Crippen molar-refractivity contribution < 1.29 is 4.52 Å². The first-order valence-corrected chi connectivity index (χ1v) is 14.8. The van der Waals surface area contributed by atoms with Crippen molar-refractivity contribution in [3.05, 3.63) is 34.0 Å². The second kappa shape index (κ2) is 10.4. The molecule has 3 aromatic heterocycles. The number of aromatic nitrogens is 3. The molecule has 0 bridgehead atoms. The molecule has 3 aliphatic rings. The van der Waals surface area contributed by atoms with Crippen molar-refractivity contribution in [2.45, 2.75) is 44.9 Å². The average Bonchev–Trinajstić information content (AvgIpc) is 3.61. The number of pyridine rings is 1. The first-order chi connectivity index (χ1) is 18.9. The minimum absolute atomic E-state index is 0.345. The lowest BCUT2D eigenvalue weighted by Gasteiger charge is -2.36. The van der Waals surface area contributed by atoms with Crippen LogP contribution < -0.4 is 20.9 Å². The van der Waals surface area contributed by atoms with Gasteiger partial charge in [0.1, 0.15) is 22.6 Å². The second-order valence-electron chi connectivity index (χ2n) is 11.1. The van der Waals surface area contributed by atoms with Gasteiger partial charge in [0.25, 0.3) is 0 Å². The van der Waals surface area contributed by atoms with E-state index in [2.05, 4.69) is 64.1 Å². The third-order valence-corrected chi connectivity index (χ3v) is 9.95. The van der Waals surface area contributed by atoms with Crippen LogP contribution in [0.1, 0.15) is 61.4 Å². The maximum absolute atomic E-state index is 9.94. The molecule has 0 radical (unpaired) electrons. The predicted octanol–water partition coefficient (Wildman–Crippen LogP) is 3.40. The number of piperazine rings is 2. The van der Waals surface area contributed by atoms with Crippen molar-refractivity contribution in [1.82, 2.24) is 25.3 Å². The summed E-state index contributed by atoms with van der Waals surface area (Å²) >= 11 is 1.52. The monoisotopic (exact) mass is 547 g/mol. The van der Waals surface area contributed by atoms with E-state index in [0.717, 1.165) is 93.7 Å². The van der Waals surface area contributed by atoms with Gasteiger partial charge in [-0.2, -0.15) is 10.2 Å². The van der Waals surface area contributed by atoms with E-state index in [1.165, 1.54) is 11.3 Å². The fourth-order valence-corrected chi connectivity index (χ4v) is 7.41. The van der Waals surface area contributed by atoms with Gasteiger partial charge in [0.05, 0.1) is 11.0 Å². The van der Waals surface area contributed by atoms with E-state index in [0.29, 0.717) is 33.9 Å². The first-order valence-electron chi connectivity index (χ1n) is 14.0. The van der Waals surface area contributed by atoms with E-state index in [9.17, 15) is 5.26 Å². The van der Waals surface area contributed by atoms with Gasteiger partial charge < -0.3 is 30.3 Å². The Bertz CT molecular complexity index is 1380. The Hall–Kier alpha value is -3.20. The topological polar surface area (TPSA) is 123 Å². The Morgan fingerprint density at radius 3 is 2.64 bits per heavy atom. The highest BCUT2D eigenvalue weighted by Gasteiger charge is 2.45. The highest BCUT2D eigenvalue weighted by atomic mass is 32.1. The summed E-state index contributed by atoms with van der Waals surface area (Å²) in [6, 6.07) is 6.64. The lowest BCUT2D eigenvalue weighted by Crippen LogP contribution is -2.46. The summed E-state index contributed by atoms with van der Waals surface area (Å²) in [4.78, 5) is 18.4. The van der Waals surface area contributed by atoms with E-state index < -0.39 is 5.41 Å². The molecule has 11 heteroatoms. The van der Waals surface area contributed by atoms with Gasteiger partial charge in [0, 0.05) is 74.6 Å². The zero-order valence-corrected chi connectivity index (χ0v) is 23.9. The molecular weight excluding hydrogens is 510 g/mol. The summed E-state index contributed by atoms with van der Waals surface area (Å²) in [6.07, 6.45) is 1.78. The van der Waals surface area contributed by atoms with Gasteiger partial charge in [-0.15, -0.1) is 11.3 Å². The number of fused-ring (bicyclic) bond motifs is 1. The maximum atomic E-state index is 9.94. The van der Waals surface area contributed by atoms with Crippen LogP contribution in [0.15, 0.2) is 16.7 Å². The average molecular weight is 548 g/mol. The Morgan fingerprint density at radius 2 is 1.92 bits per heavy atom. The number of likely N-dealkylation sites (N-methyl/N-ethyl adjacent to an activating group) is 1. The van der Waals surface area contributed by atoms with Gasteiger partial charge in [-0.05, 0) is 38.3 Å². The quantitative estimate of drug-likeness (QED) is 0.491. The highest BCUT2D eigenvalue weighted by Crippen LogP contribution is 2.52. The van der Waals surface area contributed by atoms with Crippen molar-refractivity contribution in [2.24, 2.45) is 0 Å². The summed E-state index contributed by atoms with van der Waals surface area (Å²) in [6.45, 7) is 15.3. The van der Waals surface area contributed by atoms with Crippen LogP contribution in [0.4, 0.5) is 16.5 Å². The van der Waals surface area contributed by atoms with E-state index >= 15 is 0 Å². The number of nitrogens with two attached hydrogens (primary N) is 1. The van der Waals surface area contributed by atoms with Crippen LogP contribution in [0.2, 0.25) is 0 Å². The molecule has 39 heavy (non-hydrogen) atoms. The van der Waals surface area contributed by atoms with E-state index in [4.69, 9.17) is 20.2 Å². The van der Waals surface area contributed by atoms with Gasteiger partial charge in [-0.25, -0.2) is 4.98 Å². The van der Waals surface area contributed by atoms with Crippen LogP contribution in [0, 0.1) is 11.3 Å². The van der Waals surface area contributed by atoms with Crippen molar-refractivity contribution in [3.63, 3.8) is 0 Å². The number of thiophene rings is 1. The summed E-state index contributed by atoms with van der Waals surface area (Å²) in [5.41, 5.74) is 9.08. The van der Waals surface area contributed by atoms with Gasteiger partial charge >= 0.3 is 0 Å². The van der Waals surface area contributed by atoms with Crippen LogP contribution in [0.25, 0.3) is 11.5 Å². The van der Waals surface area contributed by atoms with Crippen molar-refractivity contribution >= 4 is 27.8 Å². The molecule has 0 aromatic carbocycles. The first kappa shape index (κ1) is 26.0. The largest absolute Gasteiger partial charge is 0.389 e. The lowest BCUT2D eigenvalue weighted by molar-refractivity contribution is 0.270. The molecule has 2 unspecified atom stereocenters. The summed E-state index contributed by atoms with van der Waals surface area (Å²) in [5.74, 6) is 2.31. The molecule has 3 aromatic rings. The number of nitrogens with one attached hydrogen (secondary N) is 1. The Labute approximate surface area is 233 Å². The number of nitrogen functional groups attached to an aromatic ring is 1. The summed E-state index contributed by atoms with van der Waals surface area (Å²) in [5, 5.41) is 18.4. The third-order valence-electron chi connectivity index (χ3n) is 8.70. The molecule has 10 nitrogen and oxygen atoms in total. The van der Waals surface area contributed by atoms with Crippen LogP contribution in [-0.2, 0) is 5.41 Å². The zero-order valence-electron chi connectivity index (χ0n) is 23.0. The SMILES string of the molecule is CCN1CCN(c2cc(N3CCNCC3)cc(-c3noc(C4(C)CCC(C)c5sc(N)c(C#N)c54)n3)n2)CC1. The van der Waals surface area contributed by atoms with Crippen LogP contribution in [0.5, 0.6) is 0 Å². The number of hydrogen-bond acceptors (Lipinski definition) is 11. The van der Waals surface area contributed by atoms with Crippen molar-refractivity contribution in [2.75, 3.05) is 74.4 Å². The highest BCUT2D eigenvalue weighted by molar-refractivity contribution is 7.16. The molecule has 2 aliphatic heterocycles. The molecule has 0 saturated carbocycles. The predicted molar refractivity (Wildman–Crippen MR) is 154 cm³/mol. The number of rotatable bonds is 5. The number of anilines is 3. The maximum Gasteiger partial charge on any atom is 0.237 e. The Balaban J connectivity index is 1.38. The smallest absolute Gasteiger partial charge is 0.237 e. The number of hydrogen-bond donors (Lipinski definition) is 2. The van der Waals surface area contributed by atoms with Gasteiger partial charge in [0.15, 0.2) is 0 Å². The minimum atomic E-state index is -0.568. The Morgan fingerprint density at radius 1 is 1.15 bits per heavy atom. The fourth-order valence-electron chi connectivity index (χ4n) is 6.18. The van der Waals surface area contributed by atoms with Gasteiger partial charge in [-0.3, -0.25) is 0 Å². The van der Waals surface area contributed by atoms with E-state index in [1.54, 1.807) is 0 Å². The molecule has 3 N–H and O–H groups in total. The summed E-state index contributed by atoms with van der Waals surface area (Å²) < 4.78 is 5.97. The van der Waals surface area contributed by atoms with Crippen molar-refractivity contribution in [1.29, 1.82) is 5.26 Å². The molecule has 2 fully saturated rings. The lowest BCUT2D eigenvalue weighted by atomic mass is 9.69. The molecule has 206 valence electrons. The van der Waals surface area contributed by atoms with Crippen LogP contribution >= 0.6 is 11.3 Å². The fraction of sp³-hybridized carbons (Fsp3) is 0.571. The number of nitrogens with zero attached hydrogens (tertiary/aromatic N) is 7. The molecule has 2 saturated heterocycles. The molecule has 0 amide bonds. The van der Waals surface area contributed by atoms with Crippen LogP contribution in [0.3, 0.4) is 0 Å². The number of nitriles is 1. The minimum Gasteiger partial charge on any atom is -0.389 e. The molecular formula is C28H37N9OS. The van der Waals surface area contributed by atoms with Gasteiger partial charge in [-0.1, -0.05) is 19.0 Å². The van der Waals surface area contributed by atoms with Crippen molar-refractivity contribution in [3.8, 4) is 17.6 Å². The molecule has 6 rings (SSSR count). The van der Waals surface area contributed by atoms with Crippen LogP contribution in [-0.4, -0.2) is 78.9 Å². The summed E-state index contributed by atoms with van der Waals surface area (Å²) in [7, 11) is 0. The Kier molecular flexibility index (Phi) is 6.95. The molecule has 2 atom stereocenters. The third kappa shape index (κ3) is 4.64. The standard InChI is InChI=1S/C28H37N9OS/c1-4-35-11-13-37(14-12-35)22-16-19(36-9-7-31-8-10-36)15-21(32-22)26-33-27(38-34-26)28(3)6-5-18(2)24-23(28)20(17-29)25(30)39-24/h15-16,18,31H,4-14,30H2,1-3H3. The zero-order chi connectivity index (χ0) is 27.1. The van der Waals surface area contributed by atoms with Gasteiger partial charge in [0.2, 0.25) is 11.7 Å². The van der Waals surface area contributed by atoms with E-state index in [-0.39, 0.29) is 0 Å². The normalized spacial score (nSPS) is 24.0. The second-order valence-corrected chi connectivity index (χ2v) is 12.2. The van der Waals surface area contributed by atoms with E-state index in [1.807, 2.05) is 0 Å².